The number of aromatic nitrogens is 2. The average molecular weight is 368 g/mol. The van der Waals surface area contributed by atoms with E-state index in [2.05, 4.69) is 10.1 Å². The van der Waals surface area contributed by atoms with Crippen molar-refractivity contribution in [3.05, 3.63) is 71.1 Å². The van der Waals surface area contributed by atoms with E-state index in [4.69, 9.17) is 16.1 Å². The van der Waals surface area contributed by atoms with Gasteiger partial charge < -0.3 is 9.42 Å². The Morgan fingerprint density at radius 2 is 2.08 bits per heavy atom. The van der Waals surface area contributed by atoms with E-state index in [0.717, 1.165) is 24.0 Å². The van der Waals surface area contributed by atoms with E-state index in [1.165, 1.54) is 0 Å². The number of hydrogen-bond donors (Lipinski definition) is 0. The molecule has 132 valence electrons. The Kier molecular flexibility index (Phi) is 4.47. The van der Waals surface area contributed by atoms with Gasteiger partial charge in [0.15, 0.2) is 11.5 Å². The highest BCUT2D eigenvalue weighted by molar-refractivity contribution is 6.31. The smallest absolute Gasteiger partial charge is 0.276 e. The van der Waals surface area contributed by atoms with Gasteiger partial charge in [-0.2, -0.15) is 0 Å². The van der Waals surface area contributed by atoms with Crippen molar-refractivity contribution in [2.75, 3.05) is 0 Å². The van der Waals surface area contributed by atoms with Gasteiger partial charge in [-0.25, -0.2) is 0 Å². The maximum atomic E-state index is 13.1. The van der Waals surface area contributed by atoms with Crippen LogP contribution in [0.15, 0.2) is 59.4 Å². The SMILES string of the molecule is CC(c1ccccc1Cl)N(C(=O)c1cc(-c2cccnc2)on1)C1CC1. The number of halogens is 1. The lowest BCUT2D eigenvalue weighted by Crippen LogP contribution is -2.35. The molecule has 1 fully saturated rings. The first-order chi connectivity index (χ1) is 12.6. The second-order valence-corrected chi connectivity index (χ2v) is 6.87. The highest BCUT2D eigenvalue weighted by atomic mass is 35.5. The molecule has 1 aromatic carbocycles. The second-order valence-electron chi connectivity index (χ2n) is 6.46. The predicted octanol–water partition coefficient (Wildman–Crippen LogP) is 4.76. The van der Waals surface area contributed by atoms with Gasteiger partial charge in [-0.05, 0) is 43.5 Å². The van der Waals surface area contributed by atoms with E-state index < -0.39 is 0 Å². The van der Waals surface area contributed by atoms with Gasteiger partial charge in [0.05, 0.1) is 6.04 Å². The van der Waals surface area contributed by atoms with Crippen LogP contribution in [0.5, 0.6) is 0 Å². The van der Waals surface area contributed by atoms with Crippen molar-refractivity contribution >= 4 is 17.5 Å². The molecule has 1 aliphatic carbocycles. The minimum Gasteiger partial charge on any atom is -0.355 e. The lowest BCUT2D eigenvalue weighted by Gasteiger charge is -2.29. The van der Waals surface area contributed by atoms with Gasteiger partial charge in [0.25, 0.3) is 5.91 Å². The van der Waals surface area contributed by atoms with Crippen LogP contribution in [0.1, 0.15) is 41.9 Å². The van der Waals surface area contributed by atoms with E-state index in [9.17, 15) is 4.79 Å². The molecule has 0 N–H and O–H groups in total. The summed E-state index contributed by atoms with van der Waals surface area (Å²) >= 11 is 6.34. The van der Waals surface area contributed by atoms with Gasteiger partial charge in [0.1, 0.15) is 0 Å². The normalized spacial score (nSPS) is 14.8. The van der Waals surface area contributed by atoms with Crippen LogP contribution < -0.4 is 0 Å². The van der Waals surface area contributed by atoms with Crippen LogP contribution in [0, 0.1) is 0 Å². The van der Waals surface area contributed by atoms with Crippen molar-refractivity contribution < 1.29 is 9.32 Å². The van der Waals surface area contributed by atoms with Crippen LogP contribution in [0.4, 0.5) is 0 Å². The molecule has 0 aliphatic heterocycles. The molecule has 0 spiro atoms. The van der Waals surface area contributed by atoms with E-state index >= 15 is 0 Å². The Labute approximate surface area is 156 Å². The predicted molar refractivity (Wildman–Crippen MR) is 98.8 cm³/mol. The van der Waals surface area contributed by atoms with Crippen molar-refractivity contribution in [3.63, 3.8) is 0 Å². The molecule has 1 unspecified atom stereocenters. The third kappa shape index (κ3) is 3.22. The molecule has 1 aliphatic rings. The van der Waals surface area contributed by atoms with Crippen LogP contribution >= 0.6 is 11.6 Å². The van der Waals surface area contributed by atoms with Gasteiger partial charge in [-0.1, -0.05) is 35.0 Å². The van der Waals surface area contributed by atoms with Crippen molar-refractivity contribution in [3.8, 4) is 11.3 Å². The zero-order chi connectivity index (χ0) is 18.1. The fourth-order valence-electron chi connectivity index (χ4n) is 3.13. The molecule has 1 saturated carbocycles. The van der Waals surface area contributed by atoms with Crippen LogP contribution in [-0.2, 0) is 0 Å². The Morgan fingerprint density at radius 1 is 1.27 bits per heavy atom. The fourth-order valence-corrected chi connectivity index (χ4v) is 3.42. The third-order valence-corrected chi connectivity index (χ3v) is 4.97. The zero-order valence-corrected chi connectivity index (χ0v) is 15.1. The summed E-state index contributed by atoms with van der Waals surface area (Å²) in [5, 5.41) is 4.66. The maximum absolute atomic E-state index is 13.1. The molecule has 2 aromatic heterocycles. The number of hydrogen-bond acceptors (Lipinski definition) is 4. The Hall–Kier alpha value is -2.66. The molecule has 2 heterocycles. The quantitative estimate of drug-likeness (QED) is 0.652. The first kappa shape index (κ1) is 16.8. The number of amides is 1. The van der Waals surface area contributed by atoms with E-state index in [0.29, 0.717) is 16.5 Å². The van der Waals surface area contributed by atoms with E-state index in [1.807, 2.05) is 48.2 Å². The summed E-state index contributed by atoms with van der Waals surface area (Å²) in [6.07, 6.45) is 5.35. The van der Waals surface area contributed by atoms with Crippen LogP contribution in [-0.4, -0.2) is 27.0 Å². The summed E-state index contributed by atoms with van der Waals surface area (Å²) in [6, 6.07) is 13.1. The molecule has 6 heteroatoms. The van der Waals surface area contributed by atoms with Gasteiger partial charge >= 0.3 is 0 Å². The maximum Gasteiger partial charge on any atom is 0.276 e. The Balaban J connectivity index is 1.63. The molecule has 3 aromatic rings. The standard InChI is InChI=1S/C20H18ClN3O2/c1-13(16-6-2-3-7-17(16)21)24(15-8-9-15)20(25)18-11-19(26-23-18)14-5-4-10-22-12-14/h2-7,10-13,15H,8-9H2,1H3. The molecule has 4 rings (SSSR count). The van der Waals surface area contributed by atoms with Gasteiger partial charge in [-0.3, -0.25) is 9.78 Å². The summed E-state index contributed by atoms with van der Waals surface area (Å²) in [5.74, 6) is 0.390. The van der Waals surface area contributed by atoms with Crippen LogP contribution in [0.3, 0.4) is 0 Å². The van der Waals surface area contributed by atoms with Crippen molar-refractivity contribution in [1.29, 1.82) is 0 Å². The highest BCUT2D eigenvalue weighted by Crippen LogP contribution is 2.37. The second kappa shape index (κ2) is 6.92. The monoisotopic (exact) mass is 367 g/mol. The molecule has 1 amide bonds. The summed E-state index contributed by atoms with van der Waals surface area (Å²) in [4.78, 5) is 19.1. The Morgan fingerprint density at radius 3 is 2.77 bits per heavy atom. The van der Waals surface area contributed by atoms with Crippen LogP contribution in [0.25, 0.3) is 11.3 Å². The summed E-state index contributed by atoms with van der Waals surface area (Å²) in [6.45, 7) is 2.00. The minimum atomic E-state index is -0.140. The molecular weight excluding hydrogens is 350 g/mol. The van der Waals surface area contributed by atoms with E-state index in [1.54, 1.807) is 18.5 Å². The Bertz CT molecular complexity index is 922. The van der Waals surface area contributed by atoms with Crippen molar-refractivity contribution in [2.24, 2.45) is 0 Å². The summed E-state index contributed by atoms with van der Waals surface area (Å²) in [7, 11) is 0. The number of nitrogens with zero attached hydrogens (tertiary/aromatic N) is 3. The zero-order valence-electron chi connectivity index (χ0n) is 14.3. The lowest BCUT2D eigenvalue weighted by atomic mass is 10.1. The van der Waals surface area contributed by atoms with Gasteiger partial charge in [-0.15, -0.1) is 0 Å². The topological polar surface area (TPSA) is 59.2 Å². The number of benzene rings is 1. The highest BCUT2D eigenvalue weighted by Gasteiger charge is 2.38. The summed E-state index contributed by atoms with van der Waals surface area (Å²) < 4.78 is 5.37. The van der Waals surface area contributed by atoms with Gasteiger partial charge in [0, 0.05) is 35.1 Å². The number of carbonyl (C=O) groups is 1. The molecule has 5 nitrogen and oxygen atoms in total. The van der Waals surface area contributed by atoms with Crippen molar-refractivity contribution in [1.82, 2.24) is 15.0 Å². The first-order valence-corrected chi connectivity index (χ1v) is 8.97. The summed E-state index contributed by atoms with van der Waals surface area (Å²) in [5.41, 5.74) is 2.02. The number of pyridine rings is 1. The third-order valence-electron chi connectivity index (χ3n) is 4.62. The molecule has 0 saturated heterocycles. The minimum absolute atomic E-state index is 0.137. The molecular formula is C20H18ClN3O2. The molecule has 26 heavy (non-hydrogen) atoms. The number of carbonyl (C=O) groups excluding carboxylic acids is 1. The first-order valence-electron chi connectivity index (χ1n) is 8.59. The fraction of sp³-hybridized carbons (Fsp3) is 0.250. The largest absolute Gasteiger partial charge is 0.355 e. The molecule has 1 atom stereocenters. The van der Waals surface area contributed by atoms with Crippen molar-refractivity contribution in [2.45, 2.75) is 31.8 Å². The molecule has 0 bridgehead atoms. The average Bonchev–Trinajstić information content (AvgIpc) is 3.37. The lowest BCUT2D eigenvalue weighted by molar-refractivity contribution is 0.0663. The number of rotatable bonds is 5. The van der Waals surface area contributed by atoms with Crippen LogP contribution in [0.2, 0.25) is 5.02 Å². The van der Waals surface area contributed by atoms with E-state index in [-0.39, 0.29) is 18.0 Å². The van der Waals surface area contributed by atoms with Gasteiger partial charge in [0.2, 0.25) is 0 Å². The molecule has 0 radical (unpaired) electrons.